The molecule has 0 radical (unpaired) electrons. The Balaban J connectivity index is 1.65. The summed E-state index contributed by atoms with van der Waals surface area (Å²) in [6.45, 7) is 0.834. The van der Waals surface area contributed by atoms with Gasteiger partial charge in [0.25, 0.3) is 11.7 Å². The maximum Gasteiger partial charge on any atom is 0.296 e. The Morgan fingerprint density at radius 1 is 1.00 bits per heavy atom. The minimum Gasteiger partial charge on any atom is -0.507 e. The summed E-state index contributed by atoms with van der Waals surface area (Å²) in [5.74, 6) is 0.539. The number of methoxy groups -OCH3 is 2. The van der Waals surface area contributed by atoms with Crippen molar-refractivity contribution >= 4 is 17.4 Å². The predicted octanol–water partition coefficient (Wildman–Crippen LogP) is 3.69. The van der Waals surface area contributed by atoms with Crippen molar-refractivity contribution in [2.45, 2.75) is 12.6 Å². The number of hydrogen-bond acceptors (Lipinski definition) is 8. The van der Waals surface area contributed by atoms with Crippen LogP contribution in [0.2, 0.25) is 0 Å². The van der Waals surface area contributed by atoms with Gasteiger partial charge in [0.2, 0.25) is 0 Å². The van der Waals surface area contributed by atoms with Crippen LogP contribution in [0.3, 0.4) is 0 Å². The van der Waals surface area contributed by atoms with Crippen molar-refractivity contribution in [3.63, 3.8) is 0 Å². The predicted molar refractivity (Wildman–Crippen MR) is 124 cm³/mol. The first kappa shape index (κ1) is 22.4. The molecule has 3 heterocycles. The summed E-state index contributed by atoms with van der Waals surface area (Å²) in [4.78, 5) is 27.8. The number of nitrogens with zero attached hydrogens (tertiary/aromatic N) is 1. The van der Waals surface area contributed by atoms with Gasteiger partial charge in [-0.05, 0) is 48.0 Å². The SMILES string of the molecule is COc1ccc(C2/C(=C(\O)c3ccc4c(c3)OCCO4)C(=O)C(=O)N2Cc2ccco2)cc1OC. The molecule has 2 aromatic carbocycles. The summed E-state index contributed by atoms with van der Waals surface area (Å²) in [7, 11) is 3.01. The molecule has 1 amide bonds. The van der Waals surface area contributed by atoms with E-state index in [2.05, 4.69) is 0 Å². The molecule has 9 heteroatoms. The van der Waals surface area contributed by atoms with E-state index in [1.807, 2.05) is 0 Å². The molecule has 1 aromatic heterocycles. The Labute approximate surface area is 201 Å². The first-order valence-corrected chi connectivity index (χ1v) is 10.9. The number of ether oxygens (including phenoxy) is 4. The second-order valence-electron chi connectivity index (χ2n) is 7.98. The number of hydrogen-bond donors (Lipinski definition) is 1. The highest BCUT2D eigenvalue weighted by molar-refractivity contribution is 6.46. The van der Waals surface area contributed by atoms with E-state index in [0.29, 0.717) is 53.1 Å². The van der Waals surface area contributed by atoms with Gasteiger partial charge in [0, 0.05) is 5.56 Å². The van der Waals surface area contributed by atoms with Crippen LogP contribution in [0, 0.1) is 0 Å². The van der Waals surface area contributed by atoms with Crippen molar-refractivity contribution in [3.05, 3.63) is 77.3 Å². The van der Waals surface area contributed by atoms with Gasteiger partial charge in [0.1, 0.15) is 24.7 Å². The fraction of sp³-hybridized carbons (Fsp3) is 0.231. The summed E-state index contributed by atoms with van der Waals surface area (Å²) in [5.41, 5.74) is 0.841. The van der Waals surface area contributed by atoms with E-state index < -0.39 is 17.7 Å². The average molecular weight is 477 g/mol. The second-order valence-corrected chi connectivity index (χ2v) is 7.98. The van der Waals surface area contributed by atoms with Crippen LogP contribution < -0.4 is 18.9 Å². The van der Waals surface area contributed by atoms with E-state index in [1.54, 1.807) is 48.5 Å². The largest absolute Gasteiger partial charge is 0.507 e. The first-order chi connectivity index (χ1) is 17.0. The number of carbonyl (C=O) groups excluding carboxylic acids is 2. The smallest absolute Gasteiger partial charge is 0.296 e. The van der Waals surface area contributed by atoms with Crippen molar-refractivity contribution in [1.82, 2.24) is 4.90 Å². The minimum atomic E-state index is -0.895. The molecule has 9 nitrogen and oxygen atoms in total. The lowest BCUT2D eigenvalue weighted by Gasteiger charge is -2.25. The number of likely N-dealkylation sites (tertiary alicyclic amines) is 1. The number of furan rings is 1. The van der Waals surface area contributed by atoms with Crippen LogP contribution >= 0.6 is 0 Å². The van der Waals surface area contributed by atoms with Crippen LogP contribution in [0.4, 0.5) is 0 Å². The van der Waals surface area contributed by atoms with Gasteiger partial charge in [-0.15, -0.1) is 0 Å². The lowest BCUT2D eigenvalue weighted by molar-refractivity contribution is -0.140. The van der Waals surface area contributed by atoms with Gasteiger partial charge in [0.05, 0.1) is 38.6 Å². The molecule has 1 unspecified atom stereocenters. The molecule has 180 valence electrons. The van der Waals surface area contributed by atoms with E-state index in [4.69, 9.17) is 23.4 Å². The molecule has 2 aliphatic heterocycles. The summed E-state index contributed by atoms with van der Waals surface area (Å²) in [6.07, 6.45) is 1.49. The molecule has 5 rings (SSSR count). The topological polar surface area (TPSA) is 108 Å². The number of carbonyl (C=O) groups is 2. The maximum atomic E-state index is 13.3. The fourth-order valence-electron chi connectivity index (χ4n) is 4.33. The van der Waals surface area contributed by atoms with Crippen molar-refractivity contribution in [1.29, 1.82) is 0 Å². The Morgan fingerprint density at radius 2 is 1.77 bits per heavy atom. The lowest BCUT2D eigenvalue weighted by Crippen LogP contribution is -2.29. The number of benzene rings is 2. The zero-order valence-electron chi connectivity index (χ0n) is 19.1. The van der Waals surface area contributed by atoms with Crippen molar-refractivity contribution < 1.29 is 38.1 Å². The average Bonchev–Trinajstić information content (AvgIpc) is 3.50. The highest BCUT2D eigenvalue weighted by atomic mass is 16.6. The lowest BCUT2D eigenvalue weighted by atomic mass is 9.94. The molecule has 1 fully saturated rings. The van der Waals surface area contributed by atoms with Crippen molar-refractivity contribution in [3.8, 4) is 23.0 Å². The molecular formula is C26H23NO8. The Morgan fingerprint density at radius 3 is 2.49 bits per heavy atom. The fourth-order valence-corrected chi connectivity index (χ4v) is 4.33. The van der Waals surface area contributed by atoms with E-state index in [-0.39, 0.29) is 17.9 Å². The molecule has 2 aliphatic rings. The summed E-state index contributed by atoms with van der Waals surface area (Å²) >= 11 is 0. The van der Waals surface area contributed by atoms with Gasteiger partial charge in [-0.3, -0.25) is 9.59 Å². The van der Waals surface area contributed by atoms with E-state index >= 15 is 0 Å². The number of amides is 1. The van der Waals surface area contributed by atoms with E-state index in [9.17, 15) is 14.7 Å². The second kappa shape index (κ2) is 9.09. The third kappa shape index (κ3) is 3.95. The quantitative estimate of drug-likeness (QED) is 0.325. The van der Waals surface area contributed by atoms with Crippen LogP contribution in [-0.4, -0.2) is 49.1 Å². The third-order valence-corrected chi connectivity index (χ3v) is 5.99. The summed E-state index contributed by atoms with van der Waals surface area (Å²) < 4.78 is 27.4. The maximum absolute atomic E-state index is 13.3. The van der Waals surface area contributed by atoms with Gasteiger partial charge in [-0.25, -0.2) is 0 Å². The van der Waals surface area contributed by atoms with Gasteiger partial charge in [-0.1, -0.05) is 6.07 Å². The van der Waals surface area contributed by atoms with Gasteiger partial charge >= 0.3 is 0 Å². The van der Waals surface area contributed by atoms with Crippen LogP contribution in [0.15, 0.2) is 64.8 Å². The standard InChI is InChI=1S/C26H23NO8/c1-31-18-7-5-15(12-20(18)32-2)23-22(25(29)26(30)27(23)14-17-4-3-9-33-17)24(28)16-6-8-19-21(13-16)35-11-10-34-19/h3-9,12-13,23,28H,10-11,14H2,1-2H3/b24-22+. The molecule has 1 saturated heterocycles. The minimum absolute atomic E-state index is 0.0362. The molecule has 3 aromatic rings. The molecule has 1 N–H and O–H groups in total. The number of aliphatic hydroxyl groups excluding tert-OH is 1. The summed E-state index contributed by atoms with van der Waals surface area (Å²) in [6, 6.07) is 12.5. The Kier molecular flexibility index (Phi) is 5.82. The van der Waals surface area contributed by atoms with Crippen LogP contribution in [0.5, 0.6) is 23.0 Å². The number of Topliss-reactive ketones (excluding diaryl/α,β-unsaturated/α-hetero) is 1. The highest BCUT2D eigenvalue weighted by Gasteiger charge is 2.46. The molecule has 35 heavy (non-hydrogen) atoms. The number of fused-ring (bicyclic) bond motifs is 1. The monoisotopic (exact) mass is 477 g/mol. The van der Waals surface area contributed by atoms with E-state index in [1.165, 1.54) is 25.4 Å². The zero-order valence-corrected chi connectivity index (χ0v) is 19.1. The number of aliphatic hydroxyl groups is 1. The van der Waals surface area contributed by atoms with Crippen LogP contribution in [-0.2, 0) is 16.1 Å². The van der Waals surface area contributed by atoms with E-state index in [0.717, 1.165) is 0 Å². The molecule has 0 spiro atoms. The Hall–Kier alpha value is -4.40. The van der Waals surface area contributed by atoms with Gasteiger partial charge in [-0.2, -0.15) is 0 Å². The Bertz CT molecular complexity index is 1310. The third-order valence-electron chi connectivity index (χ3n) is 5.99. The number of rotatable bonds is 6. The van der Waals surface area contributed by atoms with Gasteiger partial charge < -0.3 is 33.4 Å². The van der Waals surface area contributed by atoms with Crippen molar-refractivity contribution in [2.75, 3.05) is 27.4 Å². The highest BCUT2D eigenvalue weighted by Crippen LogP contribution is 2.43. The molecule has 0 bridgehead atoms. The zero-order chi connectivity index (χ0) is 24.5. The first-order valence-electron chi connectivity index (χ1n) is 10.9. The normalized spacial score (nSPS) is 18.6. The van der Waals surface area contributed by atoms with Gasteiger partial charge in [0.15, 0.2) is 23.0 Å². The number of ketones is 1. The van der Waals surface area contributed by atoms with Crippen LogP contribution in [0.25, 0.3) is 5.76 Å². The molecule has 0 aliphatic carbocycles. The molecular weight excluding hydrogens is 454 g/mol. The molecule has 0 saturated carbocycles. The summed E-state index contributed by atoms with van der Waals surface area (Å²) in [5, 5.41) is 11.3. The van der Waals surface area contributed by atoms with Crippen molar-refractivity contribution in [2.24, 2.45) is 0 Å². The molecule has 1 atom stereocenters. The van der Waals surface area contributed by atoms with Crippen LogP contribution in [0.1, 0.15) is 22.9 Å².